The van der Waals surface area contributed by atoms with Gasteiger partial charge in [0.25, 0.3) is 5.56 Å². The van der Waals surface area contributed by atoms with Crippen LogP contribution in [-0.2, 0) is 6.18 Å². The quantitative estimate of drug-likeness (QED) is 0.473. The summed E-state index contributed by atoms with van der Waals surface area (Å²) >= 11 is 5.64. The fourth-order valence-corrected chi connectivity index (χ4v) is 2.14. The first-order valence-electron chi connectivity index (χ1n) is 5.95. The van der Waals surface area contributed by atoms with Gasteiger partial charge in [0, 0.05) is 6.07 Å². The zero-order valence-electron chi connectivity index (χ0n) is 11.6. The normalized spacial score (nSPS) is 11.4. The zero-order valence-corrected chi connectivity index (χ0v) is 12.4. The van der Waals surface area contributed by atoms with Gasteiger partial charge in [-0.3, -0.25) is 14.9 Å². The first-order valence-corrected chi connectivity index (χ1v) is 6.33. The molecule has 2 rings (SSSR count). The molecule has 0 fully saturated rings. The lowest BCUT2D eigenvalue weighted by Gasteiger charge is -2.12. The number of methoxy groups -OCH3 is 1. The molecule has 0 aliphatic heterocycles. The van der Waals surface area contributed by atoms with Crippen molar-refractivity contribution in [1.29, 1.82) is 0 Å². The largest absolute Gasteiger partial charge is 0.489 e. The minimum absolute atomic E-state index is 0.127. The van der Waals surface area contributed by atoms with E-state index in [1.165, 1.54) is 0 Å². The third kappa shape index (κ3) is 3.02. The second kappa shape index (κ2) is 6.07. The monoisotopic (exact) mass is 367 g/mol. The number of rotatable bonds is 3. The van der Waals surface area contributed by atoms with E-state index in [9.17, 15) is 32.5 Å². The maximum atomic E-state index is 14.1. The van der Waals surface area contributed by atoms with E-state index in [1.807, 2.05) is 0 Å². The van der Waals surface area contributed by atoms with Gasteiger partial charge in [0.1, 0.15) is 0 Å². The van der Waals surface area contributed by atoms with E-state index >= 15 is 0 Å². The summed E-state index contributed by atoms with van der Waals surface area (Å²) in [5.41, 5.74) is -4.83. The van der Waals surface area contributed by atoms with E-state index in [2.05, 4.69) is 5.10 Å². The molecule has 0 saturated carbocycles. The smallest absolute Gasteiger partial charge is 0.418 e. The number of hydrogen-bond donors (Lipinski definition) is 0. The molecule has 2 aromatic rings. The van der Waals surface area contributed by atoms with Gasteiger partial charge in [0.15, 0.2) is 11.5 Å². The molecule has 128 valence electrons. The van der Waals surface area contributed by atoms with Crippen molar-refractivity contribution in [2.45, 2.75) is 6.18 Å². The second-order valence-electron chi connectivity index (χ2n) is 4.32. The van der Waals surface area contributed by atoms with Crippen LogP contribution in [-0.4, -0.2) is 21.8 Å². The molecule has 0 radical (unpaired) electrons. The Kier molecular flexibility index (Phi) is 4.47. The molecule has 0 aliphatic rings. The Balaban J connectivity index is 2.83. The highest BCUT2D eigenvalue weighted by atomic mass is 35.5. The molecule has 12 heteroatoms. The van der Waals surface area contributed by atoms with Gasteiger partial charge in [-0.15, -0.1) is 0 Å². The summed E-state index contributed by atoms with van der Waals surface area (Å²) in [5, 5.41) is 13.9. The maximum Gasteiger partial charge on any atom is 0.418 e. The summed E-state index contributed by atoms with van der Waals surface area (Å²) in [5.74, 6) is -1.89. The summed E-state index contributed by atoms with van der Waals surface area (Å²) in [4.78, 5) is 21.9. The second-order valence-corrected chi connectivity index (χ2v) is 4.73. The molecule has 1 aromatic carbocycles. The number of aromatic nitrogens is 2. The Morgan fingerprint density at radius 3 is 2.46 bits per heavy atom. The van der Waals surface area contributed by atoms with Crippen LogP contribution in [0.25, 0.3) is 5.69 Å². The molecule has 0 saturated heterocycles. The predicted octanol–water partition coefficient (Wildman–Crippen LogP) is 2.96. The van der Waals surface area contributed by atoms with Crippen LogP contribution in [0, 0.1) is 15.9 Å². The molecule has 0 atom stereocenters. The number of halogens is 5. The Hall–Kier alpha value is -2.69. The van der Waals surface area contributed by atoms with E-state index in [-0.39, 0.29) is 16.9 Å². The Morgan fingerprint density at radius 1 is 1.38 bits per heavy atom. The van der Waals surface area contributed by atoms with Crippen LogP contribution in [0.2, 0.25) is 5.02 Å². The van der Waals surface area contributed by atoms with Gasteiger partial charge < -0.3 is 4.74 Å². The van der Waals surface area contributed by atoms with Gasteiger partial charge in [-0.25, -0.2) is 4.39 Å². The molecule has 0 bridgehead atoms. The van der Waals surface area contributed by atoms with Crippen LogP contribution in [0.5, 0.6) is 5.75 Å². The first-order chi connectivity index (χ1) is 11.1. The molecular weight excluding hydrogens is 362 g/mol. The van der Waals surface area contributed by atoms with Crippen molar-refractivity contribution in [3.8, 4) is 11.4 Å². The lowest BCUT2D eigenvalue weighted by atomic mass is 10.2. The minimum atomic E-state index is -4.85. The van der Waals surface area contributed by atoms with Crippen LogP contribution in [0.4, 0.5) is 23.2 Å². The molecule has 0 amide bonds. The van der Waals surface area contributed by atoms with Crippen molar-refractivity contribution in [3.63, 3.8) is 0 Å². The van der Waals surface area contributed by atoms with Crippen LogP contribution in [0.15, 0.2) is 23.1 Å². The van der Waals surface area contributed by atoms with Gasteiger partial charge >= 0.3 is 11.9 Å². The fraction of sp³-hybridized carbons (Fsp3) is 0.167. The van der Waals surface area contributed by atoms with Crippen LogP contribution in [0.3, 0.4) is 0 Å². The zero-order chi connectivity index (χ0) is 18.2. The topological polar surface area (TPSA) is 87.3 Å². The predicted molar refractivity (Wildman–Crippen MR) is 73.0 cm³/mol. The molecule has 24 heavy (non-hydrogen) atoms. The van der Waals surface area contributed by atoms with Crippen molar-refractivity contribution >= 4 is 17.3 Å². The molecule has 0 unspecified atom stereocenters. The number of hydrogen-bond acceptors (Lipinski definition) is 5. The van der Waals surface area contributed by atoms with Crippen LogP contribution >= 0.6 is 11.6 Å². The van der Waals surface area contributed by atoms with E-state index in [1.54, 1.807) is 0 Å². The fourth-order valence-electron chi connectivity index (χ4n) is 1.88. The Morgan fingerprint density at radius 2 is 2.00 bits per heavy atom. The molecule has 1 heterocycles. The highest BCUT2D eigenvalue weighted by Crippen LogP contribution is 2.40. The number of nitrogens with zero attached hydrogens (tertiary/aromatic N) is 3. The lowest BCUT2D eigenvalue weighted by Crippen LogP contribution is -2.25. The minimum Gasteiger partial charge on any atom is -0.489 e. The Bertz CT molecular complexity index is 882. The first kappa shape index (κ1) is 17.7. The summed E-state index contributed by atoms with van der Waals surface area (Å²) in [6, 6.07) is 0.756. The maximum absolute atomic E-state index is 14.1. The molecule has 7 nitrogen and oxygen atoms in total. The average Bonchev–Trinajstić information content (AvgIpc) is 2.46. The van der Waals surface area contributed by atoms with Crippen LogP contribution in [0.1, 0.15) is 5.56 Å². The standard InChI is InChI=1S/C12H6ClF4N3O4/c1-24-11-6(13)3-7(14)9(10(11)20(22)23)19-8(21)2-5(4-18-19)12(15,16)17/h2-4H,1H3. The number of benzene rings is 1. The van der Waals surface area contributed by atoms with E-state index < -0.39 is 50.2 Å². The van der Waals surface area contributed by atoms with Gasteiger partial charge in [-0.2, -0.15) is 23.0 Å². The van der Waals surface area contributed by atoms with Crippen molar-refractivity contribution in [2.24, 2.45) is 0 Å². The van der Waals surface area contributed by atoms with E-state index in [0.717, 1.165) is 7.11 Å². The summed E-state index contributed by atoms with van der Waals surface area (Å²) < 4.78 is 56.6. The van der Waals surface area contributed by atoms with E-state index in [0.29, 0.717) is 6.07 Å². The molecule has 0 aliphatic carbocycles. The number of nitro benzene ring substituents is 1. The third-order valence-electron chi connectivity index (χ3n) is 2.86. The van der Waals surface area contributed by atoms with Gasteiger partial charge in [-0.1, -0.05) is 11.6 Å². The molecule has 0 N–H and O–H groups in total. The molecular formula is C12H6ClF4N3O4. The molecule has 1 aromatic heterocycles. The number of nitro groups is 1. The van der Waals surface area contributed by atoms with Gasteiger partial charge in [0.2, 0.25) is 5.75 Å². The van der Waals surface area contributed by atoms with Crippen molar-refractivity contribution in [2.75, 3.05) is 7.11 Å². The molecule has 0 spiro atoms. The third-order valence-corrected chi connectivity index (χ3v) is 3.14. The summed E-state index contributed by atoms with van der Waals surface area (Å²) in [6.07, 6.45) is -4.61. The number of alkyl halides is 3. The lowest BCUT2D eigenvalue weighted by molar-refractivity contribution is -0.385. The average molecular weight is 368 g/mol. The SMILES string of the molecule is COc1c(Cl)cc(F)c(-n2ncc(C(F)(F)F)cc2=O)c1[N+](=O)[O-]. The highest BCUT2D eigenvalue weighted by Gasteiger charge is 2.34. The highest BCUT2D eigenvalue weighted by molar-refractivity contribution is 6.32. The van der Waals surface area contributed by atoms with Crippen molar-refractivity contribution < 1.29 is 27.2 Å². The van der Waals surface area contributed by atoms with Crippen molar-refractivity contribution in [1.82, 2.24) is 9.78 Å². The van der Waals surface area contributed by atoms with E-state index in [4.69, 9.17) is 16.3 Å². The Labute approximate surface area is 135 Å². The summed E-state index contributed by atoms with van der Waals surface area (Å²) in [7, 11) is 1.01. The van der Waals surface area contributed by atoms with Crippen LogP contribution < -0.4 is 10.3 Å². The van der Waals surface area contributed by atoms with Gasteiger partial charge in [-0.05, 0) is 6.07 Å². The van der Waals surface area contributed by atoms with Gasteiger partial charge in [0.05, 0.1) is 28.8 Å². The summed E-state index contributed by atoms with van der Waals surface area (Å²) in [6.45, 7) is 0. The number of ether oxygens (including phenoxy) is 1. The van der Waals surface area contributed by atoms with Crippen molar-refractivity contribution in [3.05, 3.63) is 55.2 Å².